The van der Waals surface area contributed by atoms with Crippen molar-refractivity contribution in [3.63, 3.8) is 0 Å². The molecule has 2 aromatic rings. The fraction of sp³-hybridized carbons (Fsp3) is 0.500. The number of carbonyl (C=O) groups is 1. The van der Waals surface area contributed by atoms with Crippen LogP contribution in [0.1, 0.15) is 75.5 Å². The van der Waals surface area contributed by atoms with Crippen molar-refractivity contribution >= 4 is 34.1 Å². The summed E-state index contributed by atoms with van der Waals surface area (Å²) in [6, 6.07) is 3.45. The molecule has 0 saturated carbocycles. The van der Waals surface area contributed by atoms with E-state index in [4.69, 9.17) is 11.6 Å². The molecule has 1 aliphatic rings. The van der Waals surface area contributed by atoms with Gasteiger partial charge in [0.15, 0.2) is 0 Å². The maximum atomic E-state index is 15.3. The molecular formula is C24H29ClF2N2OS. The van der Waals surface area contributed by atoms with E-state index in [0.29, 0.717) is 18.5 Å². The van der Waals surface area contributed by atoms with Crippen LogP contribution < -0.4 is 0 Å². The fourth-order valence-electron chi connectivity index (χ4n) is 4.23. The van der Waals surface area contributed by atoms with Gasteiger partial charge < -0.3 is 4.79 Å². The molecule has 31 heavy (non-hydrogen) atoms. The summed E-state index contributed by atoms with van der Waals surface area (Å²) in [6.07, 6.45) is 5.84. The number of aromatic nitrogens is 2. The number of allylic oxidation sites excluding steroid dienone is 1. The van der Waals surface area contributed by atoms with E-state index >= 15 is 4.39 Å². The number of benzene rings is 1. The molecular weight excluding hydrogens is 438 g/mol. The van der Waals surface area contributed by atoms with E-state index in [1.165, 1.54) is 11.8 Å². The van der Waals surface area contributed by atoms with Gasteiger partial charge in [-0.3, -0.25) is 4.68 Å². The minimum absolute atomic E-state index is 0.0204. The summed E-state index contributed by atoms with van der Waals surface area (Å²) in [5.41, 5.74) is 3.55. The van der Waals surface area contributed by atoms with E-state index < -0.39 is 12.5 Å². The number of halogens is 3. The molecule has 3 rings (SSSR count). The zero-order valence-corrected chi connectivity index (χ0v) is 20.0. The first-order chi connectivity index (χ1) is 14.7. The van der Waals surface area contributed by atoms with Crippen molar-refractivity contribution in [3.05, 3.63) is 57.6 Å². The normalized spacial score (nSPS) is 19.8. The van der Waals surface area contributed by atoms with Crippen LogP contribution in [0.2, 0.25) is 5.02 Å². The van der Waals surface area contributed by atoms with Gasteiger partial charge in [0, 0.05) is 34.9 Å². The predicted octanol–water partition coefficient (Wildman–Crippen LogP) is 7.16. The molecule has 3 nitrogen and oxygen atoms in total. The summed E-state index contributed by atoms with van der Waals surface area (Å²) in [5.74, 6) is -0.336. The summed E-state index contributed by atoms with van der Waals surface area (Å²) in [4.78, 5) is 12.1. The first kappa shape index (κ1) is 24.0. The van der Waals surface area contributed by atoms with Gasteiger partial charge in [0.25, 0.3) is 0 Å². The summed E-state index contributed by atoms with van der Waals surface area (Å²) in [6.45, 7) is 7.72. The highest BCUT2D eigenvalue weighted by Crippen LogP contribution is 2.50. The molecule has 0 aliphatic heterocycles. The molecule has 0 radical (unpaired) electrons. The number of fused-ring (bicyclic) bond motifs is 1. The van der Waals surface area contributed by atoms with Gasteiger partial charge in [-0.25, -0.2) is 8.78 Å². The molecule has 7 heteroatoms. The number of nitrogens with zero attached hydrogens (tertiary/aromatic N) is 2. The average molecular weight is 467 g/mol. The third-order valence-corrected chi connectivity index (χ3v) is 7.51. The molecule has 1 aromatic heterocycles. The fourth-order valence-corrected chi connectivity index (χ4v) is 5.45. The number of Topliss-reactive ketones (excluding diaryl/α,β-unsaturated/α-hetero) is 1. The smallest absolute Gasteiger partial charge is 0.145 e. The maximum Gasteiger partial charge on any atom is 0.145 e. The van der Waals surface area contributed by atoms with Gasteiger partial charge in [0.05, 0.1) is 11.2 Å². The summed E-state index contributed by atoms with van der Waals surface area (Å²) in [7, 11) is 0. The quantitative estimate of drug-likeness (QED) is 0.414. The van der Waals surface area contributed by atoms with Gasteiger partial charge in [-0.05, 0) is 55.7 Å². The molecule has 0 fully saturated rings. The minimum atomic E-state index is -0.446. The minimum Gasteiger partial charge on any atom is -0.300 e. The molecule has 0 saturated heterocycles. The van der Waals surface area contributed by atoms with Crippen LogP contribution in [0.4, 0.5) is 8.78 Å². The van der Waals surface area contributed by atoms with E-state index in [0.717, 1.165) is 34.4 Å². The average Bonchev–Trinajstić information content (AvgIpc) is 3.16. The van der Waals surface area contributed by atoms with Crippen LogP contribution in [-0.2, 0) is 11.3 Å². The third kappa shape index (κ3) is 5.40. The second kappa shape index (κ2) is 10.3. The van der Waals surface area contributed by atoms with E-state index in [1.54, 1.807) is 13.0 Å². The highest BCUT2D eigenvalue weighted by molar-refractivity contribution is 8.08. The van der Waals surface area contributed by atoms with Crippen LogP contribution in [0.25, 0.3) is 4.91 Å². The summed E-state index contributed by atoms with van der Waals surface area (Å²) >= 11 is 7.62. The number of thioether (sulfide) groups is 1. The van der Waals surface area contributed by atoms with E-state index in [1.807, 2.05) is 43.9 Å². The number of rotatable bonds is 8. The molecule has 0 bridgehead atoms. The van der Waals surface area contributed by atoms with Gasteiger partial charge in [0.1, 0.15) is 18.3 Å². The van der Waals surface area contributed by atoms with Gasteiger partial charge in [-0.15, -0.1) is 11.8 Å². The van der Waals surface area contributed by atoms with E-state index in [-0.39, 0.29) is 27.9 Å². The topological polar surface area (TPSA) is 34.9 Å². The van der Waals surface area contributed by atoms with Crippen LogP contribution in [0, 0.1) is 5.82 Å². The van der Waals surface area contributed by atoms with Crippen LogP contribution in [0.5, 0.6) is 0 Å². The lowest BCUT2D eigenvalue weighted by molar-refractivity contribution is -0.117. The molecule has 1 aliphatic carbocycles. The molecule has 1 aromatic carbocycles. The zero-order valence-electron chi connectivity index (χ0n) is 18.4. The van der Waals surface area contributed by atoms with Gasteiger partial charge >= 0.3 is 0 Å². The maximum absolute atomic E-state index is 15.3. The Balaban J connectivity index is 2.00. The van der Waals surface area contributed by atoms with Crippen molar-refractivity contribution < 1.29 is 13.6 Å². The van der Waals surface area contributed by atoms with Gasteiger partial charge in [-0.2, -0.15) is 5.10 Å². The van der Waals surface area contributed by atoms with Crippen LogP contribution in [-0.4, -0.2) is 27.5 Å². The van der Waals surface area contributed by atoms with Crippen molar-refractivity contribution in [2.75, 3.05) is 6.67 Å². The van der Waals surface area contributed by atoms with E-state index in [9.17, 15) is 9.18 Å². The highest BCUT2D eigenvalue weighted by Gasteiger charge is 2.33. The number of hydrogen-bond donors (Lipinski definition) is 0. The second-order valence-corrected chi connectivity index (χ2v) is 10.3. The van der Waals surface area contributed by atoms with Gasteiger partial charge in [-0.1, -0.05) is 37.1 Å². The SMILES string of the molecule is CC(=O)CCCn1cc(C2CC(C)=C(SC(C)CF)c3ccc(Cl)c(F)c3C2C)cn1. The number of ketones is 1. The number of hydrogen-bond acceptors (Lipinski definition) is 3. The van der Waals surface area contributed by atoms with Crippen molar-refractivity contribution in [3.8, 4) is 0 Å². The molecule has 168 valence electrons. The molecule has 0 spiro atoms. The van der Waals surface area contributed by atoms with Crippen molar-refractivity contribution in [1.82, 2.24) is 9.78 Å². The van der Waals surface area contributed by atoms with Crippen LogP contribution in [0.15, 0.2) is 30.1 Å². The lowest BCUT2D eigenvalue weighted by Crippen LogP contribution is -2.10. The van der Waals surface area contributed by atoms with Crippen LogP contribution >= 0.6 is 23.4 Å². The Kier molecular flexibility index (Phi) is 7.98. The monoisotopic (exact) mass is 466 g/mol. The third-order valence-electron chi connectivity index (χ3n) is 5.88. The molecule has 0 N–H and O–H groups in total. The number of aryl methyl sites for hydroxylation is 1. The Morgan fingerprint density at radius 2 is 2.16 bits per heavy atom. The Morgan fingerprint density at radius 3 is 2.84 bits per heavy atom. The highest BCUT2D eigenvalue weighted by atomic mass is 35.5. The molecule has 3 unspecified atom stereocenters. The van der Waals surface area contributed by atoms with E-state index in [2.05, 4.69) is 5.10 Å². The standard InChI is InChI=1S/C24H29ClF2N2OS/c1-14-10-20(18-12-28-29(13-18)9-5-6-15(2)30)17(4)22-19(7-8-21(25)23(22)27)24(14)31-16(3)11-26/h7-8,12-13,16-17,20H,5-6,9-11H2,1-4H3. The Morgan fingerprint density at radius 1 is 1.42 bits per heavy atom. The first-order valence-corrected chi connectivity index (χ1v) is 11.9. The Labute approximate surface area is 192 Å². The molecule has 1 heterocycles. The Bertz CT molecular complexity index is 988. The van der Waals surface area contributed by atoms with Crippen molar-refractivity contribution in [1.29, 1.82) is 0 Å². The summed E-state index contributed by atoms with van der Waals surface area (Å²) < 4.78 is 30.4. The lowest BCUT2D eigenvalue weighted by atomic mass is 9.81. The largest absolute Gasteiger partial charge is 0.300 e. The first-order valence-electron chi connectivity index (χ1n) is 10.6. The van der Waals surface area contributed by atoms with Crippen molar-refractivity contribution in [2.24, 2.45) is 0 Å². The van der Waals surface area contributed by atoms with Crippen LogP contribution in [0.3, 0.4) is 0 Å². The summed E-state index contributed by atoms with van der Waals surface area (Å²) in [5, 5.41) is 4.36. The molecule has 0 amide bonds. The molecule has 3 atom stereocenters. The van der Waals surface area contributed by atoms with Gasteiger partial charge in [0.2, 0.25) is 0 Å². The Hall–Kier alpha value is -1.66. The number of alkyl halides is 1. The van der Waals surface area contributed by atoms with Crippen molar-refractivity contribution in [2.45, 2.75) is 70.6 Å². The zero-order chi connectivity index (χ0) is 22.7. The number of carbonyl (C=O) groups excluding carboxylic acids is 1. The lowest BCUT2D eigenvalue weighted by Gasteiger charge is -2.23. The second-order valence-electron chi connectivity index (χ2n) is 8.46. The predicted molar refractivity (Wildman–Crippen MR) is 125 cm³/mol.